The van der Waals surface area contributed by atoms with Gasteiger partial charge in [-0.05, 0) is 11.6 Å². The number of piperazine rings is 1. The van der Waals surface area contributed by atoms with Crippen LogP contribution in [0.1, 0.15) is 5.56 Å². The maximum atomic E-state index is 12.0. The van der Waals surface area contributed by atoms with E-state index in [4.69, 9.17) is 4.74 Å². The number of ether oxygens (including phenoxy) is 1. The standard InChI is InChI=1S/C15H19N3O3/c19-14(15(20)18-7-5-16-6-8-18)17-10-12-9-11-3-1-2-4-13(11)21-12/h1-4,12,16H,5-10H2,(H,17,19). The Labute approximate surface area is 123 Å². The Kier molecular flexibility index (Phi) is 4.06. The SMILES string of the molecule is O=C(NCC1Cc2ccccc2O1)C(=O)N1CCNCC1. The number of hydrogen-bond donors (Lipinski definition) is 2. The van der Waals surface area contributed by atoms with Crippen molar-refractivity contribution in [3.8, 4) is 5.75 Å². The molecule has 0 radical (unpaired) electrons. The molecular formula is C15H19N3O3. The Bertz CT molecular complexity index is 516. The maximum Gasteiger partial charge on any atom is 0.311 e. The zero-order chi connectivity index (χ0) is 14.7. The highest BCUT2D eigenvalue weighted by atomic mass is 16.5. The van der Waals surface area contributed by atoms with Crippen LogP contribution in [0.25, 0.3) is 0 Å². The first-order valence-electron chi connectivity index (χ1n) is 7.26. The number of para-hydroxylation sites is 1. The first-order chi connectivity index (χ1) is 10.2. The highest BCUT2D eigenvalue weighted by Gasteiger charge is 2.26. The predicted octanol–water partition coefficient (Wildman–Crippen LogP) is -0.462. The maximum absolute atomic E-state index is 12.0. The molecule has 2 amide bonds. The molecule has 21 heavy (non-hydrogen) atoms. The second-order valence-electron chi connectivity index (χ2n) is 5.30. The van der Waals surface area contributed by atoms with Crippen molar-refractivity contribution in [2.45, 2.75) is 12.5 Å². The lowest BCUT2D eigenvalue weighted by Gasteiger charge is -2.26. The van der Waals surface area contributed by atoms with Crippen LogP contribution < -0.4 is 15.4 Å². The van der Waals surface area contributed by atoms with Crippen LogP contribution >= 0.6 is 0 Å². The van der Waals surface area contributed by atoms with Gasteiger partial charge in [0.2, 0.25) is 0 Å². The number of hydrogen-bond acceptors (Lipinski definition) is 4. The van der Waals surface area contributed by atoms with Gasteiger partial charge in [0, 0.05) is 32.6 Å². The first kappa shape index (κ1) is 13.9. The molecule has 6 nitrogen and oxygen atoms in total. The molecule has 3 rings (SSSR count). The van der Waals surface area contributed by atoms with Crippen molar-refractivity contribution < 1.29 is 14.3 Å². The topological polar surface area (TPSA) is 70.7 Å². The summed E-state index contributed by atoms with van der Waals surface area (Å²) >= 11 is 0. The third kappa shape index (κ3) is 3.16. The molecule has 1 unspecified atom stereocenters. The number of carbonyl (C=O) groups excluding carboxylic acids is 2. The normalized spacial score (nSPS) is 20.6. The van der Waals surface area contributed by atoms with Crippen molar-refractivity contribution >= 4 is 11.8 Å². The highest BCUT2D eigenvalue weighted by molar-refractivity contribution is 6.35. The molecule has 6 heteroatoms. The van der Waals surface area contributed by atoms with Crippen LogP contribution in [0.2, 0.25) is 0 Å². The zero-order valence-corrected chi connectivity index (χ0v) is 11.8. The molecule has 0 saturated carbocycles. The minimum absolute atomic E-state index is 0.0952. The lowest BCUT2D eigenvalue weighted by Crippen LogP contribution is -2.52. The summed E-state index contributed by atoms with van der Waals surface area (Å²) < 4.78 is 5.73. The van der Waals surface area contributed by atoms with Gasteiger partial charge in [-0.2, -0.15) is 0 Å². The molecule has 2 heterocycles. The molecule has 0 spiro atoms. The molecule has 1 aromatic rings. The summed E-state index contributed by atoms with van der Waals surface area (Å²) in [7, 11) is 0. The van der Waals surface area contributed by atoms with E-state index < -0.39 is 11.8 Å². The number of carbonyl (C=O) groups is 2. The molecule has 2 N–H and O–H groups in total. The monoisotopic (exact) mass is 289 g/mol. The number of nitrogens with one attached hydrogen (secondary N) is 2. The molecular weight excluding hydrogens is 270 g/mol. The van der Waals surface area contributed by atoms with Crippen LogP contribution in [0.5, 0.6) is 5.75 Å². The number of rotatable bonds is 2. The average molecular weight is 289 g/mol. The summed E-state index contributed by atoms with van der Waals surface area (Å²) in [6.45, 7) is 2.99. The van der Waals surface area contributed by atoms with Crippen LogP contribution in [-0.4, -0.2) is 55.5 Å². The van der Waals surface area contributed by atoms with E-state index in [1.165, 1.54) is 0 Å². The Morgan fingerprint density at radius 3 is 2.81 bits per heavy atom. The molecule has 1 atom stereocenters. The Hall–Kier alpha value is -2.08. The molecule has 0 bridgehead atoms. The van der Waals surface area contributed by atoms with E-state index >= 15 is 0 Å². The van der Waals surface area contributed by atoms with Crippen LogP contribution in [0.15, 0.2) is 24.3 Å². The van der Waals surface area contributed by atoms with Gasteiger partial charge in [0.25, 0.3) is 0 Å². The van der Waals surface area contributed by atoms with Crippen LogP contribution in [0, 0.1) is 0 Å². The van der Waals surface area contributed by atoms with Gasteiger partial charge in [-0.15, -0.1) is 0 Å². The van der Waals surface area contributed by atoms with Gasteiger partial charge in [-0.25, -0.2) is 0 Å². The van der Waals surface area contributed by atoms with E-state index in [2.05, 4.69) is 10.6 Å². The third-order valence-corrected chi connectivity index (χ3v) is 3.80. The summed E-state index contributed by atoms with van der Waals surface area (Å²) in [5.41, 5.74) is 1.14. The largest absolute Gasteiger partial charge is 0.488 e. The van der Waals surface area contributed by atoms with E-state index in [1.807, 2.05) is 24.3 Å². The van der Waals surface area contributed by atoms with E-state index in [9.17, 15) is 9.59 Å². The number of fused-ring (bicyclic) bond motifs is 1. The van der Waals surface area contributed by atoms with Gasteiger partial charge in [-0.1, -0.05) is 18.2 Å². The summed E-state index contributed by atoms with van der Waals surface area (Å²) in [6.07, 6.45) is 0.667. The fraction of sp³-hybridized carbons (Fsp3) is 0.467. The van der Waals surface area contributed by atoms with Crippen molar-refractivity contribution in [3.63, 3.8) is 0 Å². The molecule has 1 aromatic carbocycles. The number of benzene rings is 1. The second-order valence-corrected chi connectivity index (χ2v) is 5.30. The molecule has 1 fully saturated rings. The summed E-state index contributed by atoms with van der Waals surface area (Å²) in [5.74, 6) is -0.131. The Morgan fingerprint density at radius 2 is 2.05 bits per heavy atom. The summed E-state index contributed by atoms with van der Waals surface area (Å²) in [6, 6.07) is 7.83. The molecule has 2 aliphatic rings. The number of amides is 2. The molecule has 0 aromatic heterocycles. The lowest BCUT2D eigenvalue weighted by molar-refractivity contribution is -0.146. The van der Waals surface area contributed by atoms with Gasteiger partial charge in [0.1, 0.15) is 11.9 Å². The first-order valence-corrected chi connectivity index (χ1v) is 7.26. The Balaban J connectivity index is 1.47. The average Bonchev–Trinajstić information content (AvgIpc) is 2.95. The smallest absolute Gasteiger partial charge is 0.311 e. The number of nitrogens with zero attached hydrogens (tertiary/aromatic N) is 1. The van der Waals surface area contributed by atoms with Crippen LogP contribution in [0.4, 0.5) is 0 Å². The van der Waals surface area contributed by atoms with Crippen molar-refractivity contribution in [3.05, 3.63) is 29.8 Å². The minimum Gasteiger partial charge on any atom is -0.488 e. The fourth-order valence-electron chi connectivity index (χ4n) is 2.66. The van der Waals surface area contributed by atoms with Crippen molar-refractivity contribution in [1.29, 1.82) is 0 Å². The van der Waals surface area contributed by atoms with Gasteiger partial charge >= 0.3 is 11.8 Å². The van der Waals surface area contributed by atoms with E-state index in [0.717, 1.165) is 30.8 Å². The Morgan fingerprint density at radius 1 is 1.29 bits per heavy atom. The molecule has 112 valence electrons. The highest BCUT2D eigenvalue weighted by Crippen LogP contribution is 2.27. The molecule has 1 saturated heterocycles. The zero-order valence-electron chi connectivity index (χ0n) is 11.8. The molecule has 0 aliphatic carbocycles. The molecule has 2 aliphatic heterocycles. The van der Waals surface area contributed by atoms with Crippen molar-refractivity contribution in [1.82, 2.24) is 15.5 Å². The van der Waals surface area contributed by atoms with E-state index in [0.29, 0.717) is 19.6 Å². The quantitative estimate of drug-likeness (QED) is 0.723. The van der Waals surface area contributed by atoms with E-state index in [1.54, 1.807) is 4.90 Å². The van der Waals surface area contributed by atoms with Gasteiger partial charge in [0.05, 0.1) is 6.54 Å². The van der Waals surface area contributed by atoms with Gasteiger partial charge in [0.15, 0.2) is 0 Å². The van der Waals surface area contributed by atoms with Gasteiger partial charge < -0.3 is 20.3 Å². The second kappa shape index (κ2) is 6.13. The van der Waals surface area contributed by atoms with Crippen LogP contribution in [-0.2, 0) is 16.0 Å². The van der Waals surface area contributed by atoms with Crippen molar-refractivity contribution in [2.75, 3.05) is 32.7 Å². The summed E-state index contributed by atoms with van der Waals surface area (Å²) in [4.78, 5) is 25.4. The lowest BCUT2D eigenvalue weighted by atomic mass is 10.1. The van der Waals surface area contributed by atoms with Crippen molar-refractivity contribution in [2.24, 2.45) is 0 Å². The fourth-order valence-corrected chi connectivity index (χ4v) is 2.66. The summed E-state index contributed by atoms with van der Waals surface area (Å²) in [5, 5.41) is 5.83. The third-order valence-electron chi connectivity index (χ3n) is 3.80. The van der Waals surface area contributed by atoms with E-state index in [-0.39, 0.29) is 6.10 Å². The van der Waals surface area contributed by atoms with Gasteiger partial charge in [-0.3, -0.25) is 9.59 Å². The minimum atomic E-state index is -0.545. The predicted molar refractivity (Wildman–Crippen MR) is 77.0 cm³/mol. The van der Waals surface area contributed by atoms with Crippen LogP contribution in [0.3, 0.4) is 0 Å².